The highest BCUT2D eigenvalue weighted by molar-refractivity contribution is 7.80. The van der Waals surface area contributed by atoms with Crippen LogP contribution < -0.4 is 10.6 Å². The second kappa shape index (κ2) is 5.80. The fourth-order valence-corrected chi connectivity index (χ4v) is 2.07. The van der Waals surface area contributed by atoms with E-state index in [0.29, 0.717) is 10.8 Å². The highest BCUT2D eigenvalue weighted by Crippen LogP contribution is 2.20. The Hall–Kier alpha value is -1.94. The molecule has 0 heterocycles. The Balaban J connectivity index is 2.10. The van der Waals surface area contributed by atoms with Gasteiger partial charge in [-0.15, -0.1) is 0 Å². The lowest BCUT2D eigenvalue weighted by molar-refractivity contribution is 0.628. The van der Waals surface area contributed by atoms with Crippen molar-refractivity contribution in [3.63, 3.8) is 0 Å². The summed E-state index contributed by atoms with van der Waals surface area (Å²) in [7, 11) is 0. The fraction of sp³-hybridized carbons (Fsp3) is 0.133. The average Bonchev–Trinajstić information content (AvgIpc) is 2.34. The van der Waals surface area contributed by atoms with Gasteiger partial charge < -0.3 is 10.6 Å². The van der Waals surface area contributed by atoms with E-state index in [1.165, 1.54) is 12.1 Å². The molecule has 98 valence electrons. The van der Waals surface area contributed by atoms with E-state index in [-0.39, 0.29) is 5.82 Å². The molecule has 0 radical (unpaired) electrons. The van der Waals surface area contributed by atoms with Gasteiger partial charge in [0, 0.05) is 11.4 Å². The maximum atomic E-state index is 13.1. The number of hydrogen-bond acceptors (Lipinski definition) is 1. The summed E-state index contributed by atoms with van der Waals surface area (Å²) < 4.78 is 13.1. The van der Waals surface area contributed by atoms with Crippen molar-refractivity contribution in [3.05, 3.63) is 59.4 Å². The zero-order valence-electron chi connectivity index (χ0n) is 10.8. The summed E-state index contributed by atoms with van der Waals surface area (Å²) in [5, 5.41) is 6.56. The van der Waals surface area contributed by atoms with Crippen molar-refractivity contribution in [1.29, 1.82) is 0 Å². The van der Waals surface area contributed by atoms with E-state index >= 15 is 0 Å². The van der Waals surface area contributed by atoms with Crippen molar-refractivity contribution in [1.82, 2.24) is 0 Å². The van der Waals surface area contributed by atoms with Crippen LogP contribution in [0, 0.1) is 19.7 Å². The highest BCUT2D eigenvalue weighted by Gasteiger charge is 2.04. The van der Waals surface area contributed by atoms with Crippen LogP contribution in [0.5, 0.6) is 0 Å². The van der Waals surface area contributed by atoms with Gasteiger partial charge in [0.2, 0.25) is 0 Å². The molecule has 0 fully saturated rings. The molecule has 2 aromatic carbocycles. The lowest BCUT2D eigenvalue weighted by Gasteiger charge is -2.14. The predicted octanol–water partition coefficient (Wildman–Crippen LogP) is 4.25. The Kier molecular flexibility index (Phi) is 4.12. The van der Waals surface area contributed by atoms with E-state index in [9.17, 15) is 4.39 Å². The molecule has 0 atom stereocenters. The molecule has 19 heavy (non-hydrogen) atoms. The van der Waals surface area contributed by atoms with E-state index in [0.717, 1.165) is 16.8 Å². The summed E-state index contributed by atoms with van der Waals surface area (Å²) >= 11 is 5.24. The summed E-state index contributed by atoms with van der Waals surface area (Å²) in [6.45, 7) is 4.03. The lowest BCUT2D eigenvalue weighted by Crippen LogP contribution is -2.20. The van der Waals surface area contributed by atoms with Crippen LogP contribution >= 0.6 is 12.2 Å². The summed E-state index contributed by atoms with van der Waals surface area (Å²) in [6.07, 6.45) is 0. The summed E-state index contributed by atoms with van der Waals surface area (Å²) in [5.74, 6) is -0.292. The molecule has 4 heteroatoms. The molecule has 0 bridgehead atoms. The monoisotopic (exact) mass is 274 g/mol. The maximum absolute atomic E-state index is 13.1. The van der Waals surface area contributed by atoms with Crippen LogP contribution in [0.4, 0.5) is 15.8 Å². The first-order valence-corrected chi connectivity index (χ1v) is 6.37. The predicted molar refractivity (Wildman–Crippen MR) is 82.2 cm³/mol. The number of nitrogens with one attached hydrogen (secondary N) is 2. The van der Waals surface area contributed by atoms with E-state index in [2.05, 4.69) is 10.6 Å². The Bertz CT molecular complexity index is 591. The molecule has 0 saturated heterocycles. The fourth-order valence-electron chi connectivity index (χ4n) is 1.85. The first kappa shape index (κ1) is 13.5. The van der Waals surface area contributed by atoms with Crippen LogP contribution in [-0.4, -0.2) is 5.11 Å². The zero-order chi connectivity index (χ0) is 13.8. The second-order valence-corrected chi connectivity index (χ2v) is 4.76. The van der Waals surface area contributed by atoms with Gasteiger partial charge in [-0.2, -0.15) is 0 Å². The Morgan fingerprint density at radius 2 is 1.63 bits per heavy atom. The molecule has 0 aromatic heterocycles. The van der Waals surface area contributed by atoms with Crippen molar-refractivity contribution in [2.45, 2.75) is 13.8 Å². The van der Waals surface area contributed by atoms with Crippen LogP contribution in [0.3, 0.4) is 0 Å². The Morgan fingerprint density at radius 1 is 1.00 bits per heavy atom. The number of thiocarbonyl (C=S) groups is 1. The van der Waals surface area contributed by atoms with Crippen LogP contribution in [-0.2, 0) is 0 Å². The smallest absolute Gasteiger partial charge is 0.175 e. The standard InChI is InChI=1S/C15H15FN2S/c1-10-5-3-6-11(2)14(10)18-15(19)17-13-8-4-7-12(16)9-13/h3-9H,1-2H3,(H2,17,18,19). The topological polar surface area (TPSA) is 24.1 Å². The zero-order valence-corrected chi connectivity index (χ0v) is 11.6. The Labute approximate surface area is 117 Å². The molecule has 0 unspecified atom stereocenters. The number of benzene rings is 2. The highest BCUT2D eigenvalue weighted by atomic mass is 32.1. The molecule has 2 rings (SSSR count). The van der Waals surface area contributed by atoms with Crippen LogP contribution in [0.1, 0.15) is 11.1 Å². The van der Waals surface area contributed by atoms with Gasteiger partial charge in [0.25, 0.3) is 0 Å². The maximum Gasteiger partial charge on any atom is 0.175 e. The van der Waals surface area contributed by atoms with Crippen molar-refractivity contribution < 1.29 is 4.39 Å². The van der Waals surface area contributed by atoms with E-state index in [1.54, 1.807) is 12.1 Å². The molecule has 0 aliphatic heterocycles. The third-order valence-electron chi connectivity index (χ3n) is 2.80. The van der Waals surface area contributed by atoms with Crippen molar-refractivity contribution in [2.75, 3.05) is 10.6 Å². The van der Waals surface area contributed by atoms with Crippen molar-refractivity contribution in [2.24, 2.45) is 0 Å². The quantitative estimate of drug-likeness (QED) is 0.800. The molecule has 0 amide bonds. The largest absolute Gasteiger partial charge is 0.332 e. The molecular weight excluding hydrogens is 259 g/mol. The number of aryl methyl sites for hydroxylation is 2. The number of rotatable bonds is 2. The molecule has 0 aliphatic rings. The number of anilines is 2. The van der Waals surface area contributed by atoms with Gasteiger partial charge in [-0.3, -0.25) is 0 Å². The molecule has 2 nitrogen and oxygen atoms in total. The normalized spacial score (nSPS) is 10.1. The minimum Gasteiger partial charge on any atom is -0.332 e. The molecule has 2 N–H and O–H groups in total. The second-order valence-electron chi connectivity index (χ2n) is 4.36. The SMILES string of the molecule is Cc1cccc(C)c1NC(=S)Nc1cccc(F)c1. The minimum absolute atomic E-state index is 0.292. The minimum atomic E-state index is -0.292. The van der Waals surface area contributed by atoms with Crippen LogP contribution in [0.15, 0.2) is 42.5 Å². The van der Waals surface area contributed by atoms with Gasteiger partial charge in [-0.25, -0.2) is 4.39 Å². The van der Waals surface area contributed by atoms with Gasteiger partial charge in [0.05, 0.1) is 0 Å². The third kappa shape index (κ3) is 3.51. The van der Waals surface area contributed by atoms with E-state index < -0.39 is 0 Å². The molecule has 2 aromatic rings. The molecule has 0 spiro atoms. The molecule has 0 saturated carbocycles. The molecule has 0 aliphatic carbocycles. The van der Waals surface area contributed by atoms with Gasteiger partial charge in [-0.1, -0.05) is 24.3 Å². The van der Waals surface area contributed by atoms with E-state index in [4.69, 9.17) is 12.2 Å². The Morgan fingerprint density at radius 3 is 2.26 bits per heavy atom. The number of para-hydroxylation sites is 1. The number of hydrogen-bond donors (Lipinski definition) is 2. The summed E-state index contributed by atoms with van der Waals surface area (Å²) in [5.41, 5.74) is 3.84. The van der Waals surface area contributed by atoms with Crippen molar-refractivity contribution >= 4 is 28.7 Å². The number of halogens is 1. The first-order chi connectivity index (χ1) is 9.06. The summed E-state index contributed by atoms with van der Waals surface area (Å²) in [6, 6.07) is 12.2. The summed E-state index contributed by atoms with van der Waals surface area (Å²) in [4.78, 5) is 0. The van der Waals surface area contributed by atoms with Gasteiger partial charge in [0.1, 0.15) is 5.82 Å². The third-order valence-corrected chi connectivity index (χ3v) is 3.01. The van der Waals surface area contributed by atoms with Gasteiger partial charge in [0.15, 0.2) is 5.11 Å². The van der Waals surface area contributed by atoms with E-state index in [1.807, 2.05) is 32.0 Å². The van der Waals surface area contributed by atoms with Gasteiger partial charge >= 0.3 is 0 Å². The molecular formula is C15H15FN2S. The van der Waals surface area contributed by atoms with Crippen LogP contribution in [0.25, 0.3) is 0 Å². The van der Waals surface area contributed by atoms with Crippen molar-refractivity contribution in [3.8, 4) is 0 Å². The lowest BCUT2D eigenvalue weighted by atomic mass is 10.1. The first-order valence-electron chi connectivity index (χ1n) is 5.96. The van der Waals surface area contributed by atoms with Gasteiger partial charge in [-0.05, 0) is 55.4 Å². The average molecular weight is 274 g/mol. The van der Waals surface area contributed by atoms with Crippen LogP contribution in [0.2, 0.25) is 0 Å².